The van der Waals surface area contributed by atoms with Crippen molar-refractivity contribution in [1.29, 1.82) is 0 Å². The van der Waals surface area contributed by atoms with Crippen molar-refractivity contribution in [1.82, 2.24) is 5.16 Å². The molecule has 5 aromatic rings. The maximum absolute atomic E-state index is 13.8. The van der Waals surface area contributed by atoms with Crippen LogP contribution < -0.4 is 10.1 Å². The number of nitrogens with one attached hydrogen (secondary N) is 1. The Kier molecular flexibility index (Phi) is 4.74. The number of benzene rings is 4. The smallest absolute Gasteiger partial charge is 0.196 e. The van der Waals surface area contributed by atoms with Gasteiger partial charge in [0.25, 0.3) is 0 Å². The molecule has 6 rings (SSSR count). The van der Waals surface area contributed by atoms with E-state index in [0.29, 0.717) is 45.0 Å². The largest absolute Gasteiger partial charge is 0.455 e. The van der Waals surface area contributed by atoms with Crippen LogP contribution in [-0.4, -0.2) is 10.9 Å². The molecule has 1 heterocycles. The Balaban J connectivity index is 1.60. The highest BCUT2D eigenvalue weighted by molar-refractivity contribution is 6.28. The van der Waals surface area contributed by atoms with E-state index >= 15 is 0 Å². The molecule has 0 atom stereocenters. The average molecular weight is 461 g/mol. The lowest BCUT2D eigenvalue weighted by molar-refractivity contribution is 0.104. The van der Waals surface area contributed by atoms with E-state index in [1.807, 2.05) is 61.5 Å². The van der Waals surface area contributed by atoms with E-state index in [9.17, 15) is 4.79 Å². The topological polar surface area (TPSA) is 64.4 Å². The Morgan fingerprint density at radius 1 is 0.829 bits per heavy atom. The number of fused-ring (bicyclic) bond motifs is 2. The molecule has 0 aliphatic heterocycles. The maximum Gasteiger partial charge on any atom is 0.196 e. The fourth-order valence-corrected chi connectivity index (χ4v) is 4.95. The molecule has 172 valence electrons. The number of carbonyl (C=O) groups excluding carboxylic acids is 1. The highest BCUT2D eigenvalue weighted by Crippen LogP contribution is 2.47. The summed E-state index contributed by atoms with van der Waals surface area (Å²) in [6, 6.07) is 21.4. The molecule has 0 saturated heterocycles. The molecule has 1 aromatic heterocycles. The van der Waals surface area contributed by atoms with Crippen LogP contribution in [0.15, 0.2) is 71.3 Å². The van der Waals surface area contributed by atoms with E-state index in [2.05, 4.69) is 43.4 Å². The highest BCUT2D eigenvalue weighted by Gasteiger charge is 2.33. The van der Waals surface area contributed by atoms with Crippen LogP contribution in [0, 0.1) is 27.7 Å². The summed E-state index contributed by atoms with van der Waals surface area (Å²) in [5.41, 5.74) is 8.60. The number of ether oxygens (including phenoxy) is 1. The van der Waals surface area contributed by atoms with Crippen molar-refractivity contribution in [2.24, 2.45) is 0 Å². The third-order valence-corrected chi connectivity index (χ3v) is 6.55. The van der Waals surface area contributed by atoms with E-state index in [1.165, 1.54) is 5.56 Å². The second-order valence-corrected chi connectivity index (χ2v) is 9.22. The van der Waals surface area contributed by atoms with Gasteiger partial charge in [-0.1, -0.05) is 64.8 Å². The molecule has 5 heteroatoms. The number of rotatable bonds is 4. The van der Waals surface area contributed by atoms with Gasteiger partial charge < -0.3 is 14.6 Å². The summed E-state index contributed by atoms with van der Waals surface area (Å²) in [6.07, 6.45) is 0. The molecule has 4 aromatic carbocycles. The molecular formula is C30H24N2O3. The molecular weight excluding hydrogens is 436 g/mol. The molecule has 35 heavy (non-hydrogen) atoms. The highest BCUT2D eigenvalue weighted by atomic mass is 16.5. The Labute approximate surface area is 203 Å². The van der Waals surface area contributed by atoms with Crippen LogP contribution in [0.4, 0.5) is 11.4 Å². The van der Waals surface area contributed by atoms with Crippen molar-refractivity contribution in [3.63, 3.8) is 0 Å². The number of anilines is 2. The number of hydrogen-bond acceptors (Lipinski definition) is 5. The molecule has 0 radical (unpaired) electrons. The Morgan fingerprint density at radius 2 is 1.51 bits per heavy atom. The van der Waals surface area contributed by atoms with Gasteiger partial charge in [-0.25, -0.2) is 0 Å². The number of ketones is 1. The summed E-state index contributed by atoms with van der Waals surface area (Å²) >= 11 is 0. The van der Waals surface area contributed by atoms with Crippen molar-refractivity contribution in [3.05, 3.63) is 100 Å². The van der Waals surface area contributed by atoms with Gasteiger partial charge >= 0.3 is 0 Å². The van der Waals surface area contributed by atoms with Crippen molar-refractivity contribution < 1.29 is 14.1 Å². The van der Waals surface area contributed by atoms with Crippen molar-refractivity contribution in [2.45, 2.75) is 27.7 Å². The molecule has 0 fully saturated rings. The number of aromatic nitrogens is 1. The molecule has 1 aliphatic carbocycles. The van der Waals surface area contributed by atoms with E-state index < -0.39 is 0 Å². The summed E-state index contributed by atoms with van der Waals surface area (Å²) in [7, 11) is 0. The van der Waals surface area contributed by atoms with Crippen LogP contribution in [0.1, 0.15) is 38.2 Å². The lowest BCUT2D eigenvalue weighted by Crippen LogP contribution is -2.12. The predicted octanol–water partition coefficient (Wildman–Crippen LogP) is 7.81. The Bertz CT molecular complexity index is 1620. The summed E-state index contributed by atoms with van der Waals surface area (Å²) in [6.45, 7) is 8.25. The first-order chi connectivity index (χ1) is 16.9. The third-order valence-electron chi connectivity index (χ3n) is 6.55. The zero-order valence-electron chi connectivity index (χ0n) is 20.0. The number of hydrogen-bond donors (Lipinski definition) is 1. The SMILES string of the molecule is Cc1ccc(Oc2cc(Nc3c(C)cc(C)cc3C)c3c4c(onc24)-c2ccccc2C3=O)cc1. The van der Waals surface area contributed by atoms with Crippen LogP contribution in [0.25, 0.3) is 22.2 Å². The van der Waals surface area contributed by atoms with Crippen LogP contribution >= 0.6 is 0 Å². The first-order valence-corrected chi connectivity index (χ1v) is 11.6. The number of carbonyl (C=O) groups is 1. The molecule has 0 amide bonds. The molecule has 0 bridgehead atoms. The van der Waals surface area contributed by atoms with Gasteiger partial charge in [0.05, 0.1) is 16.6 Å². The Hall–Kier alpha value is -4.38. The molecule has 5 nitrogen and oxygen atoms in total. The van der Waals surface area contributed by atoms with Crippen molar-refractivity contribution >= 4 is 28.1 Å². The minimum atomic E-state index is -0.0619. The standard InChI is InChI=1S/C30H24N2O3/c1-16-9-11-20(12-10-16)34-24-15-23(31-27-18(3)13-17(2)14-19(27)4)25-26-28(24)32-35-30(26)22-8-6-5-7-21(22)29(25)33/h5-15,31H,1-4H3. The normalized spacial score (nSPS) is 12.1. The van der Waals surface area contributed by atoms with Gasteiger partial charge in [0.1, 0.15) is 5.75 Å². The molecule has 0 saturated carbocycles. The van der Waals surface area contributed by atoms with Gasteiger partial charge in [0.2, 0.25) is 0 Å². The molecule has 1 aliphatic rings. The summed E-state index contributed by atoms with van der Waals surface area (Å²) in [5, 5.41) is 8.58. The van der Waals surface area contributed by atoms with E-state index in [-0.39, 0.29) is 5.78 Å². The van der Waals surface area contributed by atoms with Crippen LogP contribution in [0.5, 0.6) is 11.5 Å². The van der Waals surface area contributed by atoms with Gasteiger partial charge in [-0.05, 0) is 51.0 Å². The first kappa shape index (κ1) is 21.2. The maximum atomic E-state index is 13.8. The zero-order chi connectivity index (χ0) is 24.3. The van der Waals surface area contributed by atoms with Gasteiger partial charge in [0.15, 0.2) is 22.8 Å². The monoisotopic (exact) mass is 460 g/mol. The van der Waals surface area contributed by atoms with E-state index in [4.69, 9.17) is 9.26 Å². The molecule has 0 spiro atoms. The predicted molar refractivity (Wildman–Crippen MR) is 138 cm³/mol. The summed E-state index contributed by atoms with van der Waals surface area (Å²) in [4.78, 5) is 13.8. The summed E-state index contributed by atoms with van der Waals surface area (Å²) in [5.74, 6) is 1.74. The van der Waals surface area contributed by atoms with Crippen molar-refractivity contribution in [3.8, 4) is 22.8 Å². The second kappa shape index (κ2) is 7.84. The van der Waals surface area contributed by atoms with Crippen molar-refractivity contribution in [2.75, 3.05) is 5.32 Å². The van der Waals surface area contributed by atoms with Gasteiger partial charge in [-0.2, -0.15) is 0 Å². The van der Waals surface area contributed by atoms with Crippen LogP contribution in [-0.2, 0) is 0 Å². The first-order valence-electron chi connectivity index (χ1n) is 11.6. The fourth-order valence-electron chi connectivity index (χ4n) is 4.95. The number of aryl methyl sites for hydroxylation is 4. The lowest BCUT2D eigenvalue weighted by Gasteiger charge is -2.21. The average Bonchev–Trinajstić information content (AvgIpc) is 3.28. The quantitative estimate of drug-likeness (QED) is 0.291. The molecule has 1 N–H and O–H groups in total. The number of nitrogens with zero attached hydrogens (tertiary/aromatic N) is 1. The summed E-state index contributed by atoms with van der Waals surface area (Å²) < 4.78 is 12.1. The second-order valence-electron chi connectivity index (χ2n) is 9.22. The minimum absolute atomic E-state index is 0.0619. The van der Waals surface area contributed by atoms with Crippen LogP contribution in [0.2, 0.25) is 0 Å². The minimum Gasteiger partial charge on any atom is -0.455 e. The fraction of sp³-hybridized carbons (Fsp3) is 0.133. The zero-order valence-corrected chi connectivity index (χ0v) is 20.0. The molecule has 0 unspecified atom stereocenters. The van der Waals surface area contributed by atoms with E-state index in [1.54, 1.807) is 0 Å². The van der Waals surface area contributed by atoms with Gasteiger partial charge in [0, 0.05) is 22.9 Å². The van der Waals surface area contributed by atoms with Gasteiger partial charge in [-0.3, -0.25) is 4.79 Å². The van der Waals surface area contributed by atoms with E-state index in [0.717, 1.165) is 27.9 Å². The van der Waals surface area contributed by atoms with Gasteiger partial charge in [-0.15, -0.1) is 0 Å². The van der Waals surface area contributed by atoms with Crippen LogP contribution in [0.3, 0.4) is 0 Å². The lowest BCUT2D eigenvalue weighted by atomic mass is 9.86. The third kappa shape index (κ3) is 3.39. The Morgan fingerprint density at radius 3 is 2.23 bits per heavy atom.